The molecule has 0 aliphatic carbocycles. The van der Waals surface area contributed by atoms with E-state index >= 15 is 0 Å². The summed E-state index contributed by atoms with van der Waals surface area (Å²) in [6, 6.07) is 13.9. The van der Waals surface area contributed by atoms with Gasteiger partial charge >= 0.3 is 6.09 Å². The molecule has 0 saturated carbocycles. The van der Waals surface area contributed by atoms with Gasteiger partial charge in [0.1, 0.15) is 5.75 Å². The summed E-state index contributed by atoms with van der Waals surface area (Å²) in [6.45, 7) is 8.30. The van der Waals surface area contributed by atoms with E-state index in [4.69, 9.17) is 4.74 Å². The van der Waals surface area contributed by atoms with Crippen molar-refractivity contribution in [3.05, 3.63) is 71.8 Å². The molecule has 1 saturated heterocycles. The summed E-state index contributed by atoms with van der Waals surface area (Å²) in [7, 11) is 0. The van der Waals surface area contributed by atoms with Crippen LogP contribution in [0.1, 0.15) is 35.5 Å². The number of benzene rings is 1. The zero-order chi connectivity index (χ0) is 23.0. The maximum absolute atomic E-state index is 12.6. The number of nitrogens with zero attached hydrogens (tertiary/aromatic N) is 4. The number of aromatic nitrogens is 3. The number of ether oxygens (including phenoxy) is 1. The molecule has 1 amide bonds. The highest BCUT2D eigenvalue weighted by Crippen LogP contribution is 2.33. The monoisotopic (exact) mass is 465 g/mol. The molecule has 0 radical (unpaired) electrons. The zero-order valence-corrected chi connectivity index (χ0v) is 20.1. The minimum absolute atomic E-state index is 0.246. The molecule has 1 N–H and O–H groups in total. The minimum Gasteiger partial charge on any atom is -0.410 e. The molecule has 1 aliphatic heterocycles. The fourth-order valence-electron chi connectivity index (χ4n) is 3.90. The molecule has 1 fully saturated rings. The van der Waals surface area contributed by atoms with Gasteiger partial charge in [-0.05, 0) is 63.1 Å². The van der Waals surface area contributed by atoms with Gasteiger partial charge in [-0.2, -0.15) is 0 Å². The molecule has 33 heavy (non-hydrogen) atoms. The molecule has 8 heteroatoms. The molecule has 3 aromatic rings. The Morgan fingerprint density at radius 3 is 2.64 bits per heavy atom. The van der Waals surface area contributed by atoms with E-state index in [9.17, 15) is 4.79 Å². The third kappa shape index (κ3) is 6.82. The summed E-state index contributed by atoms with van der Waals surface area (Å²) in [5.74, 6) is 0.576. The third-order valence-electron chi connectivity index (χ3n) is 5.80. The molecule has 0 spiro atoms. The van der Waals surface area contributed by atoms with Crippen LogP contribution in [0.4, 0.5) is 4.79 Å². The maximum Gasteiger partial charge on any atom is 0.415 e. The number of H-pyrrole nitrogens is 1. The number of aryl methyl sites for hydroxylation is 2. The predicted octanol–water partition coefficient (Wildman–Crippen LogP) is 4.72. The lowest BCUT2D eigenvalue weighted by Crippen LogP contribution is -2.49. The fourth-order valence-corrected chi connectivity index (χ4v) is 4.79. The second-order valence-electron chi connectivity index (χ2n) is 8.29. The van der Waals surface area contributed by atoms with Crippen LogP contribution < -0.4 is 4.74 Å². The van der Waals surface area contributed by atoms with E-state index < -0.39 is 0 Å². The first-order chi connectivity index (χ1) is 16.1. The van der Waals surface area contributed by atoms with Gasteiger partial charge in [-0.3, -0.25) is 9.88 Å². The summed E-state index contributed by atoms with van der Waals surface area (Å²) in [4.78, 5) is 28.7. The first-order valence-corrected chi connectivity index (χ1v) is 12.3. The number of imidazole rings is 1. The summed E-state index contributed by atoms with van der Waals surface area (Å²) >= 11 is 1.66. The van der Waals surface area contributed by atoms with Crippen LogP contribution in [0.3, 0.4) is 0 Å². The average Bonchev–Trinajstić information content (AvgIpc) is 3.33. The highest BCUT2D eigenvalue weighted by molar-refractivity contribution is 7.99. The van der Waals surface area contributed by atoms with Crippen molar-refractivity contribution < 1.29 is 9.53 Å². The van der Waals surface area contributed by atoms with Gasteiger partial charge in [-0.15, -0.1) is 0 Å². The second-order valence-corrected chi connectivity index (χ2v) is 9.62. The highest BCUT2D eigenvalue weighted by Gasteiger charge is 2.22. The molecule has 1 aliphatic rings. The number of pyridine rings is 1. The lowest BCUT2D eigenvalue weighted by molar-refractivity contribution is 0.110. The van der Waals surface area contributed by atoms with Crippen molar-refractivity contribution in [3.8, 4) is 5.75 Å². The predicted molar refractivity (Wildman–Crippen MR) is 131 cm³/mol. The normalized spacial score (nSPS) is 15.4. The lowest BCUT2D eigenvalue weighted by atomic mass is 10.1. The number of carbonyl (C=O) groups excluding carboxylic acids is 1. The number of carbonyl (C=O) groups is 1. The van der Waals surface area contributed by atoms with Gasteiger partial charge in [-0.1, -0.05) is 30.0 Å². The zero-order valence-electron chi connectivity index (χ0n) is 19.2. The molecule has 3 heterocycles. The van der Waals surface area contributed by atoms with Crippen LogP contribution in [0.5, 0.6) is 5.75 Å². The molecule has 4 rings (SSSR count). The van der Waals surface area contributed by atoms with E-state index in [2.05, 4.69) is 38.9 Å². The van der Waals surface area contributed by atoms with Gasteiger partial charge in [0.05, 0.1) is 0 Å². The van der Waals surface area contributed by atoms with E-state index in [-0.39, 0.29) is 11.3 Å². The largest absolute Gasteiger partial charge is 0.415 e. The SMILES string of the molecule is Cc1cccc(CCCN2CCN(C(=O)Oc3ccc(C(C)Sc4ncc[nH]4)cc3)CC2)n1. The molecule has 2 aromatic heterocycles. The Morgan fingerprint density at radius 2 is 1.94 bits per heavy atom. The second kappa shape index (κ2) is 11.3. The van der Waals surface area contributed by atoms with E-state index in [1.165, 1.54) is 0 Å². The van der Waals surface area contributed by atoms with E-state index in [1.807, 2.05) is 43.5 Å². The quantitative estimate of drug-likeness (QED) is 0.486. The van der Waals surface area contributed by atoms with Gasteiger partial charge < -0.3 is 14.6 Å². The van der Waals surface area contributed by atoms with Gasteiger partial charge in [0.25, 0.3) is 0 Å². The van der Waals surface area contributed by atoms with Crippen LogP contribution in [0.2, 0.25) is 0 Å². The van der Waals surface area contributed by atoms with Gasteiger partial charge in [0.2, 0.25) is 0 Å². The highest BCUT2D eigenvalue weighted by atomic mass is 32.2. The Kier molecular flexibility index (Phi) is 8.01. The Balaban J connectivity index is 1.18. The van der Waals surface area contributed by atoms with Crippen molar-refractivity contribution in [1.82, 2.24) is 24.8 Å². The average molecular weight is 466 g/mol. The van der Waals surface area contributed by atoms with Gasteiger partial charge in [-0.25, -0.2) is 9.78 Å². The van der Waals surface area contributed by atoms with Crippen molar-refractivity contribution in [2.75, 3.05) is 32.7 Å². The van der Waals surface area contributed by atoms with E-state index in [0.717, 1.165) is 54.6 Å². The number of aromatic amines is 1. The summed E-state index contributed by atoms with van der Waals surface area (Å²) in [6.07, 6.45) is 5.35. The minimum atomic E-state index is -0.274. The van der Waals surface area contributed by atoms with Gasteiger partial charge in [0.15, 0.2) is 5.16 Å². The van der Waals surface area contributed by atoms with Gasteiger partial charge in [0, 0.05) is 55.2 Å². The van der Waals surface area contributed by atoms with Crippen LogP contribution in [-0.4, -0.2) is 63.6 Å². The number of nitrogens with one attached hydrogen (secondary N) is 1. The molecule has 1 unspecified atom stereocenters. The number of rotatable bonds is 8. The van der Waals surface area contributed by atoms with Crippen LogP contribution >= 0.6 is 11.8 Å². The van der Waals surface area contributed by atoms with Crippen LogP contribution in [0, 0.1) is 6.92 Å². The number of amides is 1. The molecule has 1 aromatic carbocycles. The molecule has 1 atom stereocenters. The molecule has 7 nitrogen and oxygen atoms in total. The number of thioether (sulfide) groups is 1. The Hall–Kier alpha value is -2.84. The van der Waals surface area contributed by atoms with Crippen molar-refractivity contribution in [3.63, 3.8) is 0 Å². The van der Waals surface area contributed by atoms with Crippen molar-refractivity contribution in [2.24, 2.45) is 0 Å². The first kappa shape index (κ1) is 23.3. The van der Waals surface area contributed by atoms with Crippen LogP contribution in [0.25, 0.3) is 0 Å². The molecular weight excluding hydrogens is 434 g/mol. The Morgan fingerprint density at radius 1 is 1.15 bits per heavy atom. The fraction of sp³-hybridized carbons (Fsp3) is 0.400. The summed E-state index contributed by atoms with van der Waals surface area (Å²) in [5, 5.41) is 1.14. The van der Waals surface area contributed by atoms with E-state index in [1.54, 1.807) is 22.9 Å². The molecule has 174 valence electrons. The maximum atomic E-state index is 12.6. The smallest absolute Gasteiger partial charge is 0.410 e. The third-order valence-corrected chi connectivity index (χ3v) is 6.87. The number of piperazine rings is 1. The van der Waals surface area contributed by atoms with Crippen molar-refractivity contribution in [1.29, 1.82) is 0 Å². The van der Waals surface area contributed by atoms with Crippen LogP contribution in [-0.2, 0) is 6.42 Å². The first-order valence-electron chi connectivity index (χ1n) is 11.4. The standard InChI is InChI=1S/C25H31N5O2S/c1-19-5-3-6-22(28-19)7-4-14-29-15-17-30(18-16-29)25(31)32-23-10-8-21(9-11-23)20(2)33-24-26-12-13-27-24/h3,5-6,8-13,20H,4,7,14-18H2,1-2H3,(H,26,27). The molecular formula is C25H31N5O2S. The number of hydrogen-bond acceptors (Lipinski definition) is 6. The summed E-state index contributed by atoms with van der Waals surface area (Å²) in [5.41, 5.74) is 3.37. The Labute approximate surface area is 199 Å². The van der Waals surface area contributed by atoms with Crippen LogP contribution in [0.15, 0.2) is 60.0 Å². The lowest BCUT2D eigenvalue weighted by Gasteiger charge is -2.34. The van der Waals surface area contributed by atoms with Crippen molar-refractivity contribution in [2.45, 2.75) is 37.1 Å². The van der Waals surface area contributed by atoms with Crippen molar-refractivity contribution >= 4 is 17.9 Å². The Bertz CT molecular complexity index is 1020. The topological polar surface area (TPSA) is 74.3 Å². The summed E-state index contributed by atoms with van der Waals surface area (Å²) < 4.78 is 5.61. The number of hydrogen-bond donors (Lipinski definition) is 1. The van der Waals surface area contributed by atoms with E-state index in [0.29, 0.717) is 18.8 Å². The molecule has 0 bridgehead atoms.